The van der Waals surface area contributed by atoms with Gasteiger partial charge in [-0.1, -0.05) is 0 Å². The highest BCUT2D eigenvalue weighted by Crippen LogP contribution is 2.17. The molecule has 2 unspecified atom stereocenters. The van der Waals surface area contributed by atoms with Gasteiger partial charge in [-0.25, -0.2) is 0 Å². The van der Waals surface area contributed by atoms with Gasteiger partial charge in [0.05, 0.1) is 25.0 Å². The van der Waals surface area contributed by atoms with Crippen molar-refractivity contribution in [2.24, 2.45) is 0 Å². The maximum absolute atomic E-state index is 10.0. The Balaban J connectivity index is 1.87. The number of aliphatic hydroxyl groups is 1. The van der Waals surface area contributed by atoms with Crippen LogP contribution in [0.3, 0.4) is 0 Å². The average molecular weight is 242 g/mol. The Bertz CT molecular complexity index is 324. The van der Waals surface area contributed by atoms with Gasteiger partial charge in [-0.05, 0) is 12.5 Å². The molecule has 1 aliphatic heterocycles. The van der Waals surface area contributed by atoms with E-state index in [1.54, 1.807) is 0 Å². The molecule has 0 saturated carbocycles. The summed E-state index contributed by atoms with van der Waals surface area (Å²) in [5.41, 5.74) is 1.08. The van der Waals surface area contributed by atoms with Crippen molar-refractivity contribution in [3.05, 3.63) is 18.0 Å². The summed E-state index contributed by atoms with van der Waals surface area (Å²) in [6.45, 7) is 3.67. The molecule has 0 aliphatic carbocycles. The first kappa shape index (κ1) is 12.0. The number of rotatable bonds is 4. The van der Waals surface area contributed by atoms with Crippen molar-refractivity contribution in [2.45, 2.75) is 32.1 Å². The zero-order valence-corrected chi connectivity index (χ0v) is 10.3. The van der Waals surface area contributed by atoms with E-state index in [1.165, 1.54) is 0 Å². The van der Waals surface area contributed by atoms with Crippen molar-refractivity contribution in [1.29, 1.82) is 0 Å². The molecule has 16 heavy (non-hydrogen) atoms. The van der Waals surface area contributed by atoms with Gasteiger partial charge in [0, 0.05) is 30.7 Å². The first-order valence-corrected chi connectivity index (χ1v) is 6.84. The van der Waals surface area contributed by atoms with Crippen LogP contribution >= 0.6 is 11.8 Å². The van der Waals surface area contributed by atoms with E-state index in [2.05, 4.69) is 5.10 Å². The number of aryl methyl sites for hydroxylation is 1. The Morgan fingerprint density at radius 2 is 2.62 bits per heavy atom. The van der Waals surface area contributed by atoms with Gasteiger partial charge in [-0.2, -0.15) is 16.9 Å². The van der Waals surface area contributed by atoms with Gasteiger partial charge in [0.25, 0.3) is 0 Å². The summed E-state index contributed by atoms with van der Waals surface area (Å²) in [4.78, 5) is 0. The smallest absolute Gasteiger partial charge is 0.0927 e. The molecule has 2 rings (SSSR count). The molecule has 0 radical (unpaired) electrons. The number of nitrogens with zero attached hydrogens (tertiary/aromatic N) is 2. The lowest BCUT2D eigenvalue weighted by atomic mass is 10.1. The lowest BCUT2D eigenvalue weighted by Crippen LogP contribution is -2.36. The van der Waals surface area contributed by atoms with E-state index in [1.807, 2.05) is 35.8 Å². The van der Waals surface area contributed by atoms with E-state index >= 15 is 0 Å². The van der Waals surface area contributed by atoms with Gasteiger partial charge in [-0.3, -0.25) is 4.68 Å². The van der Waals surface area contributed by atoms with Crippen LogP contribution in [0.5, 0.6) is 0 Å². The monoisotopic (exact) mass is 242 g/mol. The Hall–Kier alpha value is -0.520. The van der Waals surface area contributed by atoms with Crippen LogP contribution in [0, 0.1) is 0 Å². The second kappa shape index (κ2) is 5.70. The van der Waals surface area contributed by atoms with Crippen LogP contribution in [-0.2, 0) is 17.7 Å². The molecule has 5 heteroatoms. The van der Waals surface area contributed by atoms with Crippen LogP contribution in [0.15, 0.2) is 12.4 Å². The first-order chi connectivity index (χ1) is 7.79. The van der Waals surface area contributed by atoms with Crippen molar-refractivity contribution in [1.82, 2.24) is 9.78 Å². The second-order valence-electron chi connectivity index (χ2n) is 3.96. The fourth-order valence-electron chi connectivity index (χ4n) is 1.79. The first-order valence-electron chi connectivity index (χ1n) is 5.68. The molecule has 1 fully saturated rings. The predicted octanol–water partition coefficient (Wildman–Crippen LogP) is 0.938. The second-order valence-corrected chi connectivity index (χ2v) is 5.11. The van der Waals surface area contributed by atoms with Crippen molar-refractivity contribution in [3.63, 3.8) is 0 Å². The van der Waals surface area contributed by atoms with Gasteiger partial charge in [0.15, 0.2) is 0 Å². The predicted molar refractivity (Wildman–Crippen MR) is 64.7 cm³/mol. The molecule has 1 aliphatic rings. The van der Waals surface area contributed by atoms with Gasteiger partial charge < -0.3 is 9.84 Å². The van der Waals surface area contributed by atoms with Crippen LogP contribution in [0.4, 0.5) is 0 Å². The molecule has 0 amide bonds. The van der Waals surface area contributed by atoms with Gasteiger partial charge in [0.1, 0.15) is 0 Å². The van der Waals surface area contributed by atoms with Crippen LogP contribution in [-0.4, -0.2) is 45.2 Å². The molecular formula is C11H18N2O2S. The van der Waals surface area contributed by atoms with Gasteiger partial charge >= 0.3 is 0 Å². The fourth-order valence-corrected chi connectivity index (χ4v) is 2.72. The molecule has 1 aromatic rings. The average Bonchev–Trinajstić information content (AvgIpc) is 2.78. The van der Waals surface area contributed by atoms with E-state index in [0.29, 0.717) is 6.42 Å². The number of ether oxygens (including phenoxy) is 1. The van der Waals surface area contributed by atoms with Crippen LogP contribution in [0.25, 0.3) is 0 Å². The molecular weight excluding hydrogens is 224 g/mol. The summed E-state index contributed by atoms with van der Waals surface area (Å²) in [6.07, 6.45) is 4.00. The lowest BCUT2D eigenvalue weighted by molar-refractivity contribution is -0.0208. The minimum absolute atomic E-state index is 0.0243. The maximum Gasteiger partial charge on any atom is 0.0927 e. The van der Waals surface area contributed by atoms with Crippen LogP contribution in [0.1, 0.15) is 12.5 Å². The number of thioether (sulfide) groups is 1. The molecule has 0 aromatic carbocycles. The number of hydrogen-bond donors (Lipinski definition) is 1. The lowest BCUT2D eigenvalue weighted by Gasteiger charge is -2.26. The van der Waals surface area contributed by atoms with E-state index in [4.69, 9.17) is 4.74 Å². The summed E-state index contributed by atoms with van der Waals surface area (Å²) in [5, 5.41) is 14.2. The molecule has 2 atom stereocenters. The topological polar surface area (TPSA) is 47.3 Å². The van der Waals surface area contributed by atoms with Crippen molar-refractivity contribution < 1.29 is 9.84 Å². The number of aliphatic hydroxyl groups excluding tert-OH is 1. The third-order valence-corrected chi connectivity index (χ3v) is 3.75. The molecule has 0 bridgehead atoms. The fraction of sp³-hybridized carbons (Fsp3) is 0.727. The van der Waals surface area contributed by atoms with Gasteiger partial charge in [-0.15, -0.1) is 0 Å². The summed E-state index contributed by atoms with van der Waals surface area (Å²) >= 11 is 1.85. The van der Waals surface area contributed by atoms with E-state index in [9.17, 15) is 5.11 Å². The summed E-state index contributed by atoms with van der Waals surface area (Å²) in [5.74, 6) is 1.93. The largest absolute Gasteiger partial charge is 0.390 e. The normalized spacial score (nSPS) is 23.2. The number of aromatic nitrogens is 2. The molecule has 1 saturated heterocycles. The Morgan fingerprint density at radius 1 is 1.75 bits per heavy atom. The molecule has 0 spiro atoms. The number of hydrogen-bond acceptors (Lipinski definition) is 4. The van der Waals surface area contributed by atoms with E-state index in [-0.39, 0.29) is 6.10 Å². The molecule has 4 nitrogen and oxygen atoms in total. The molecule has 90 valence electrons. The van der Waals surface area contributed by atoms with Crippen LogP contribution in [0.2, 0.25) is 0 Å². The zero-order valence-electron chi connectivity index (χ0n) is 9.50. The highest BCUT2D eigenvalue weighted by molar-refractivity contribution is 7.99. The Morgan fingerprint density at radius 3 is 3.25 bits per heavy atom. The molecule has 1 aromatic heterocycles. The Kier molecular flexibility index (Phi) is 4.26. The third kappa shape index (κ3) is 2.99. The van der Waals surface area contributed by atoms with Crippen molar-refractivity contribution in [3.8, 4) is 0 Å². The highest BCUT2D eigenvalue weighted by atomic mass is 32.2. The van der Waals surface area contributed by atoms with E-state index in [0.717, 1.165) is 30.2 Å². The summed E-state index contributed by atoms with van der Waals surface area (Å²) in [7, 11) is 0. The summed E-state index contributed by atoms with van der Waals surface area (Å²) < 4.78 is 7.42. The Labute approximate surface area is 100.0 Å². The minimum Gasteiger partial charge on any atom is -0.390 e. The van der Waals surface area contributed by atoms with Gasteiger partial charge in [0.2, 0.25) is 0 Å². The quantitative estimate of drug-likeness (QED) is 0.853. The minimum atomic E-state index is -0.415. The SMILES string of the molecule is CCn1cc(CC(O)C2CSCCO2)cn1. The molecule has 1 N–H and O–H groups in total. The summed E-state index contributed by atoms with van der Waals surface area (Å²) in [6, 6.07) is 0. The third-order valence-electron chi connectivity index (χ3n) is 2.73. The zero-order chi connectivity index (χ0) is 11.4. The van der Waals surface area contributed by atoms with Crippen molar-refractivity contribution >= 4 is 11.8 Å². The van der Waals surface area contributed by atoms with Crippen LogP contribution < -0.4 is 0 Å². The van der Waals surface area contributed by atoms with Crippen molar-refractivity contribution in [2.75, 3.05) is 18.1 Å². The van der Waals surface area contributed by atoms with E-state index < -0.39 is 6.10 Å². The standard InChI is InChI=1S/C11H18N2O2S/c1-2-13-7-9(6-12-13)5-10(14)11-8-16-4-3-15-11/h6-7,10-11,14H,2-5,8H2,1H3. The molecule has 2 heterocycles. The maximum atomic E-state index is 10.0. The highest BCUT2D eigenvalue weighted by Gasteiger charge is 2.23.